The molecule has 0 aromatic carbocycles. The number of ether oxygens (including phenoxy) is 1. The van der Waals surface area contributed by atoms with E-state index in [0.717, 1.165) is 25.8 Å². The van der Waals surface area contributed by atoms with E-state index in [-0.39, 0.29) is 17.8 Å². The van der Waals surface area contributed by atoms with Gasteiger partial charge in [0.1, 0.15) is 0 Å². The molecule has 1 aromatic rings. The number of carbonyl (C=O) groups excluding carboxylic acids is 1. The van der Waals surface area contributed by atoms with E-state index in [9.17, 15) is 18.0 Å². The Balaban J connectivity index is 1.85. The smallest absolute Gasteiger partial charge is 0.422 e. The Labute approximate surface area is 119 Å². The van der Waals surface area contributed by atoms with Gasteiger partial charge < -0.3 is 15.4 Å². The van der Waals surface area contributed by atoms with Crippen molar-refractivity contribution in [3.05, 3.63) is 18.3 Å². The van der Waals surface area contributed by atoms with E-state index in [1.807, 2.05) is 0 Å². The Morgan fingerprint density at radius 1 is 1.43 bits per heavy atom. The van der Waals surface area contributed by atoms with Crippen molar-refractivity contribution in [3.8, 4) is 5.88 Å². The highest BCUT2D eigenvalue weighted by molar-refractivity contribution is 5.94. The van der Waals surface area contributed by atoms with Crippen LogP contribution >= 0.6 is 0 Å². The standard InChI is InChI=1S/C13H16F3N3O2/c14-13(15,16)8-21-11-5-4-9(7-18-11)19-12(20)10-3-1-2-6-17-10/h4-5,7,10,17H,1-3,6,8H2,(H,19,20)/t10-/m1/s1. The molecule has 0 aliphatic carbocycles. The molecule has 2 rings (SSSR count). The van der Waals surface area contributed by atoms with Gasteiger partial charge in [0.05, 0.1) is 17.9 Å². The molecule has 1 aliphatic rings. The van der Waals surface area contributed by atoms with Crippen LogP contribution in [0, 0.1) is 0 Å². The van der Waals surface area contributed by atoms with Gasteiger partial charge in [-0.2, -0.15) is 13.2 Å². The van der Waals surface area contributed by atoms with Gasteiger partial charge in [-0.25, -0.2) is 4.98 Å². The SMILES string of the molecule is O=C(Nc1ccc(OCC(F)(F)F)nc1)[C@H]1CCCCN1. The van der Waals surface area contributed by atoms with Crippen LogP contribution in [-0.2, 0) is 4.79 Å². The van der Waals surface area contributed by atoms with Crippen molar-refractivity contribution in [3.63, 3.8) is 0 Å². The number of alkyl halides is 3. The quantitative estimate of drug-likeness (QED) is 0.894. The summed E-state index contributed by atoms with van der Waals surface area (Å²) in [6.45, 7) is -0.585. The van der Waals surface area contributed by atoms with Crippen LogP contribution in [0.5, 0.6) is 5.88 Å². The topological polar surface area (TPSA) is 63.2 Å². The number of piperidine rings is 1. The lowest BCUT2D eigenvalue weighted by atomic mass is 10.0. The highest BCUT2D eigenvalue weighted by atomic mass is 19.4. The summed E-state index contributed by atoms with van der Waals surface area (Å²) in [6, 6.07) is 2.51. The summed E-state index contributed by atoms with van der Waals surface area (Å²) < 4.78 is 40.4. The van der Waals surface area contributed by atoms with Crippen molar-refractivity contribution >= 4 is 11.6 Å². The second-order valence-electron chi connectivity index (χ2n) is 4.78. The molecule has 1 atom stereocenters. The van der Waals surface area contributed by atoms with Gasteiger partial charge in [0.2, 0.25) is 11.8 Å². The molecule has 21 heavy (non-hydrogen) atoms. The highest BCUT2D eigenvalue weighted by Crippen LogP contribution is 2.18. The number of hydrogen-bond donors (Lipinski definition) is 2. The van der Waals surface area contributed by atoms with Crippen molar-refractivity contribution < 1.29 is 22.7 Å². The summed E-state index contributed by atoms with van der Waals surface area (Å²) in [5.74, 6) is -0.304. The van der Waals surface area contributed by atoms with E-state index >= 15 is 0 Å². The fourth-order valence-electron chi connectivity index (χ4n) is 2.00. The Bertz CT molecular complexity index is 471. The monoisotopic (exact) mass is 303 g/mol. The average molecular weight is 303 g/mol. The van der Waals surface area contributed by atoms with Crippen LogP contribution in [-0.4, -0.2) is 36.3 Å². The summed E-state index contributed by atoms with van der Waals surface area (Å²) in [4.78, 5) is 15.7. The summed E-state index contributed by atoms with van der Waals surface area (Å²) in [6.07, 6.45) is -0.316. The molecular weight excluding hydrogens is 287 g/mol. The fraction of sp³-hybridized carbons (Fsp3) is 0.538. The van der Waals surface area contributed by atoms with Gasteiger partial charge in [0.25, 0.3) is 0 Å². The number of hydrogen-bond acceptors (Lipinski definition) is 4. The first kappa shape index (κ1) is 15.6. The normalized spacial score (nSPS) is 19.1. The molecule has 0 unspecified atom stereocenters. The summed E-state index contributed by atoms with van der Waals surface area (Å²) in [5.41, 5.74) is 0.423. The number of carbonyl (C=O) groups is 1. The number of rotatable bonds is 4. The van der Waals surface area contributed by atoms with Gasteiger partial charge in [0, 0.05) is 6.07 Å². The van der Waals surface area contributed by atoms with Crippen LogP contribution in [0.4, 0.5) is 18.9 Å². The van der Waals surface area contributed by atoms with E-state index in [4.69, 9.17) is 0 Å². The summed E-state index contributed by atoms with van der Waals surface area (Å²) in [5, 5.41) is 5.77. The zero-order valence-electron chi connectivity index (χ0n) is 11.2. The minimum atomic E-state index is -4.40. The Kier molecular flexibility index (Phi) is 5.00. The Morgan fingerprint density at radius 3 is 2.81 bits per heavy atom. The maximum Gasteiger partial charge on any atom is 0.422 e. The zero-order chi connectivity index (χ0) is 15.3. The predicted octanol–water partition coefficient (Wildman–Crippen LogP) is 2.10. The number of nitrogens with zero attached hydrogens (tertiary/aromatic N) is 1. The largest absolute Gasteiger partial charge is 0.468 e. The number of anilines is 1. The van der Waals surface area contributed by atoms with Crippen molar-refractivity contribution in [1.29, 1.82) is 0 Å². The molecule has 8 heteroatoms. The van der Waals surface area contributed by atoms with Gasteiger partial charge in [-0.15, -0.1) is 0 Å². The van der Waals surface area contributed by atoms with Crippen molar-refractivity contribution in [1.82, 2.24) is 10.3 Å². The van der Waals surface area contributed by atoms with E-state index < -0.39 is 12.8 Å². The Morgan fingerprint density at radius 2 is 2.24 bits per heavy atom. The molecular formula is C13H16F3N3O2. The molecule has 0 bridgehead atoms. The third-order valence-corrected chi connectivity index (χ3v) is 3.01. The zero-order valence-corrected chi connectivity index (χ0v) is 11.2. The third kappa shape index (κ3) is 5.22. The van der Waals surface area contributed by atoms with Crippen LogP contribution in [0.15, 0.2) is 18.3 Å². The summed E-state index contributed by atoms with van der Waals surface area (Å²) >= 11 is 0. The molecule has 2 N–H and O–H groups in total. The Hall–Kier alpha value is -1.83. The average Bonchev–Trinajstić information content (AvgIpc) is 2.46. The molecule has 1 amide bonds. The van der Waals surface area contributed by atoms with E-state index in [0.29, 0.717) is 5.69 Å². The first-order valence-corrected chi connectivity index (χ1v) is 6.64. The predicted molar refractivity (Wildman–Crippen MR) is 70.1 cm³/mol. The van der Waals surface area contributed by atoms with Crippen LogP contribution in [0.2, 0.25) is 0 Å². The first-order valence-electron chi connectivity index (χ1n) is 6.64. The molecule has 1 fully saturated rings. The molecule has 5 nitrogen and oxygen atoms in total. The number of halogens is 3. The van der Waals surface area contributed by atoms with Gasteiger partial charge in [0.15, 0.2) is 6.61 Å². The van der Waals surface area contributed by atoms with E-state index in [2.05, 4.69) is 20.4 Å². The maximum absolute atomic E-state index is 12.0. The number of amides is 1. The molecule has 0 radical (unpaired) electrons. The molecule has 0 spiro atoms. The number of aromatic nitrogens is 1. The molecule has 1 saturated heterocycles. The van der Waals surface area contributed by atoms with Gasteiger partial charge in [-0.05, 0) is 25.5 Å². The first-order chi connectivity index (χ1) is 9.94. The second kappa shape index (κ2) is 6.75. The van der Waals surface area contributed by atoms with Gasteiger partial charge in [-0.3, -0.25) is 4.79 Å². The lowest BCUT2D eigenvalue weighted by Gasteiger charge is -2.22. The number of nitrogens with one attached hydrogen (secondary N) is 2. The lowest BCUT2D eigenvalue weighted by Crippen LogP contribution is -2.43. The van der Waals surface area contributed by atoms with Gasteiger partial charge in [-0.1, -0.05) is 6.42 Å². The molecule has 1 aromatic heterocycles. The highest BCUT2D eigenvalue weighted by Gasteiger charge is 2.28. The van der Waals surface area contributed by atoms with Gasteiger partial charge >= 0.3 is 6.18 Å². The fourth-order valence-corrected chi connectivity index (χ4v) is 2.00. The van der Waals surface area contributed by atoms with E-state index in [1.165, 1.54) is 18.3 Å². The lowest BCUT2D eigenvalue weighted by molar-refractivity contribution is -0.154. The van der Waals surface area contributed by atoms with Crippen LogP contribution in [0.1, 0.15) is 19.3 Å². The molecule has 0 saturated carbocycles. The van der Waals surface area contributed by atoms with Crippen LogP contribution in [0.25, 0.3) is 0 Å². The van der Waals surface area contributed by atoms with E-state index in [1.54, 1.807) is 0 Å². The molecule has 1 aliphatic heterocycles. The third-order valence-electron chi connectivity index (χ3n) is 3.01. The molecule has 2 heterocycles. The van der Waals surface area contributed by atoms with Crippen molar-refractivity contribution in [2.75, 3.05) is 18.5 Å². The number of pyridine rings is 1. The van der Waals surface area contributed by atoms with Crippen LogP contribution in [0.3, 0.4) is 0 Å². The minimum Gasteiger partial charge on any atom is -0.468 e. The maximum atomic E-state index is 12.0. The van der Waals surface area contributed by atoms with Crippen LogP contribution < -0.4 is 15.4 Å². The molecule has 116 valence electrons. The minimum absolute atomic E-state index is 0.138. The van der Waals surface area contributed by atoms with Crippen molar-refractivity contribution in [2.24, 2.45) is 0 Å². The van der Waals surface area contributed by atoms with Crippen molar-refractivity contribution in [2.45, 2.75) is 31.5 Å². The second-order valence-corrected chi connectivity index (χ2v) is 4.78. The summed E-state index contributed by atoms with van der Waals surface area (Å²) in [7, 11) is 0.